The Morgan fingerprint density at radius 1 is 1.35 bits per heavy atom. The molecule has 140 valence electrons. The first-order valence-electron chi connectivity index (χ1n) is 9.21. The summed E-state index contributed by atoms with van der Waals surface area (Å²) < 4.78 is 9.40. The molecule has 0 unspecified atom stereocenters. The molecule has 1 N–H and O–H groups in total. The molecule has 2 aliphatic rings. The molecular weight excluding hydrogens is 334 g/mol. The van der Waals surface area contributed by atoms with Gasteiger partial charge in [0, 0.05) is 37.7 Å². The maximum atomic E-state index is 13.4. The molecule has 26 heavy (non-hydrogen) atoms. The van der Waals surface area contributed by atoms with Gasteiger partial charge in [0.1, 0.15) is 5.69 Å². The molecule has 8 nitrogen and oxygen atoms in total. The van der Waals surface area contributed by atoms with Crippen LogP contribution >= 0.6 is 0 Å². The van der Waals surface area contributed by atoms with Gasteiger partial charge >= 0.3 is 0 Å². The van der Waals surface area contributed by atoms with Gasteiger partial charge in [-0.1, -0.05) is 0 Å². The predicted molar refractivity (Wildman–Crippen MR) is 95.0 cm³/mol. The number of hydrogen-bond donors (Lipinski definition) is 1. The van der Waals surface area contributed by atoms with E-state index in [9.17, 15) is 9.59 Å². The third kappa shape index (κ3) is 2.51. The number of aryl methyl sites for hydroxylation is 2. The normalized spacial score (nSPS) is 22.2. The highest BCUT2D eigenvalue weighted by Crippen LogP contribution is 2.32. The smallest absolute Gasteiger partial charge is 0.272 e. The van der Waals surface area contributed by atoms with Gasteiger partial charge in [0.25, 0.3) is 11.5 Å². The molecule has 0 fully saturated rings. The molecule has 0 saturated carbocycles. The van der Waals surface area contributed by atoms with Crippen LogP contribution < -0.4 is 5.56 Å². The average molecular weight is 359 g/mol. The number of aromatic nitrogens is 4. The summed E-state index contributed by atoms with van der Waals surface area (Å²) in [6, 6.07) is 0. The Kier molecular flexibility index (Phi) is 4.02. The van der Waals surface area contributed by atoms with Gasteiger partial charge in [-0.25, -0.2) is 0 Å². The molecule has 0 saturated heterocycles. The van der Waals surface area contributed by atoms with Crippen molar-refractivity contribution in [1.82, 2.24) is 24.5 Å². The molecule has 0 radical (unpaired) electrons. The maximum absolute atomic E-state index is 13.4. The number of aromatic amines is 1. The minimum atomic E-state index is -0.105. The lowest BCUT2D eigenvalue weighted by Crippen LogP contribution is -2.39. The van der Waals surface area contributed by atoms with E-state index < -0.39 is 0 Å². The first kappa shape index (κ1) is 17.1. The largest absolute Gasteiger partial charge is 0.369 e. The number of ether oxygens (including phenoxy) is 1. The minimum absolute atomic E-state index is 0.0128. The van der Waals surface area contributed by atoms with Crippen molar-refractivity contribution in [3.63, 3.8) is 0 Å². The van der Waals surface area contributed by atoms with Gasteiger partial charge in [-0.15, -0.1) is 0 Å². The van der Waals surface area contributed by atoms with Gasteiger partial charge in [-0.2, -0.15) is 5.10 Å². The van der Waals surface area contributed by atoms with Crippen molar-refractivity contribution >= 4 is 5.91 Å². The van der Waals surface area contributed by atoms with E-state index in [1.807, 2.05) is 32.7 Å². The monoisotopic (exact) mass is 359 g/mol. The summed E-state index contributed by atoms with van der Waals surface area (Å²) in [5, 5.41) is 7.43. The Morgan fingerprint density at radius 2 is 2.12 bits per heavy atom. The average Bonchev–Trinajstić information content (AvgIpc) is 3.12. The summed E-state index contributed by atoms with van der Waals surface area (Å²) in [6.07, 6.45) is 1.24. The molecule has 0 spiro atoms. The highest BCUT2D eigenvalue weighted by molar-refractivity contribution is 5.94. The second-order valence-electron chi connectivity index (χ2n) is 7.22. The maximum Gasteiger partial charge on any atom is 0.272 e. The third-order valence-corrected chi connectivity index (χ3v) is 5.45. The zero-order valence-corrected chi connectivity index (χ0v) is 15.7. The summed E-state index contributed by atoms with van der Waals surface area (Å²) in [6.45, 7) is 7.63. The Hall–Kier alpha value is -2.35. The van der Waals surface area contributed by atoms with Gasteiger partial charge in [-0.3, -0.25) is 24.1 Å². The molecule has 0 bridgehead atoms. The second kappa shape index (κ2) is 6.12. The van der Waals surface area contributed by atoms with E-state index in [-0.39, 0.29) is 23.7 Å². The lowest BCUT2D eigenvalue weighted by atomic mass is 9.98. The summed E-state index contributed by atoms with van der Waals surface area (Å²) in [7, 11) is 1.81. The van der Waals surface area contributed by atoms with Crippen LogP contribution in [0.3, 0.4) is 0 Å². The summed E-state index contributed by atoms with van der Waals surface area (Å²) in [5.74, 6) is -0.0128. The van der Waals surface area contributed by atoms with Gasteiger partial charge < -0.3 is 9.64 Å². The first-order chi connectivity index (χ1) is 12.4. The molecule has 2 aromatic rings. The van der Waals surface area contributed by atoms with Crippen LogP contribution in [0.2, 0.25) is 0 Å². The molecule has 0 aliphatic carbocycles. The van der Waals surface area contributed by atoms with Crippen molar-refractivity contribution in [3.8, 4) is 0 Å². The topological polar surface area (TPSA) is 85.2 Å². The standard InChI is InChI=1S/C18H25N5O3/c1-5-23-16(13-8-10(2)26-11(3)15(13)19-23)18(25)22-7-6-12-14(9-22)21(4)20-17(12)24/h10-11H,5-9H2,1-4H3,(H,20,24)/t10-,11+/m0/s1. The van der Waals surface area contributed by atoms with Crippen LogP contribution in [0.4, 0.5) is 0 Å². The fourth-order valence-corrected chi connectivity index (χ4v) is 4.17. The summed E-state index contributed by atoms with van der Waals surface area (Å²) >= 11 is 0. The Bertz CT molecular complexity index is 922. The van der Waals surface area contributed by atoms with Crippen molar-refractivity contribution in [2.45, 2.75) is 58.9 Å². The molecule has 2 atom stereocenters. The molecule has 2 aliphatic heterocycles. The van der Waals surface area contributed by atoms with E-state index >= 15 is 0 Å². The molecule has 4 rings (SSSR count). The second-order valence-corrected chi connectivity index (χ2v) is 7.22. The SMILES string of the molecule is CCn1nc2c(c1C(=O)N1CCc3c(n(C)[nH]c3=O)C1)C[C@H](C)O[C@@H]2C. The fraction of sp³-hybridized carbons (Fsp3) is 0.611. The van der Waals surface area contributed by atoms with Crippen molar-refractivity contribution in [3.05, 3.63) is 38.6 Å². The molecule has 4 heterocycles. The van der Waals surface area contributed by atoms with Gasteiger partial charge in [0.2, 0.25) is 0 Å². The van der Waals surface area contributed by atoms with E-state index in [2.05, 4.69) is 10.2 Å². The highest BCUT2D eigenvalue weighted by atomic mass is 16.5. The number of carbonyl (C=O) groups excluding carboxylic acids is 1. The molecule has 2 aromatic heterocycles. The number of fused-ring (bicyclic) bond motifs is 2. The van der Waals surface area contributed by atoms with Gasteiger partial charge in [-0.05, 0) is 27.2 Å². The Balaban J connectivity index is 1.71. The predicted octanol–water partition coefficient (Wildman–Crippen LogP) is 1.15. The van der Waals surface area contributed by atoms with E-state index in [1.165, 1.54) is 0 Å². The molecule has 1 amide bonds. The molecule has 0 aromatic carbocycles. The van der Waals surface area contributed by atoms with Crippen LogP contribution in [0.1, 0.15) is 59.9 Å². The van der Waals surface area contributed by atoms with Crippen LogP contribution in [0, 0.1) is 0 Å². The van der Waals surface area contributed by atoms with Crippen molar-refractivity contribution in [2.75, 3.05) is 6.54 Å². The molecular formula is C18H25N5O3. The van der Waals surface area contributed by atoms with E-state index in [0.29, 0.717) is 38.2 Å². The van der Waals surface area contributed by atoms with E-state index in [0.717, 1.165) is 22.5 Å². The van der Waals surface area contributed by atoms with Crippen LogP contribution in [0.25, 0.3) is 0 Å². The number of carbonyl (C=O) groups is 1. The number of rotatable bonds is 2. The summed E-state index contributed by atoms with van der Waals surface area (Å²) in [5.41, 5.74) is 4.19. The van der Waals surface area contributed by atoms with Crippen LogP contribution in [-0.2, 0) is 37.7 Å². The fourth-order valence-electron chi connectivity index (χ4n) is 4.17. The number of H-pyrrole nitrogens is 1. The minimum Gasteiger partial charge on any atom is -0.369 e. The first-order valence-corrected chi connectivity index (χ1v) is 9.21. The van der Waals surface area contributed by atoms with Crippen molar-refractivity contribution in [1.29, 1.82) is 0 Å². The third-order valence-electron chi connectivity index (χ3n) is 5.45. The Labute approximate surface area is 151 Å². The number of hydrogen-bond acceptors (Lipinski definition) is 4. The summed E-state index contributed by atoms with van der Waals surface area (Å²) in [4.78, 5) is 27.1. The van der Waals surface area contributed by atoms with Gasteiger partial charge in [0.15, 0.2) is 0 Å². The number of amides is 1. The lowest BCUT2D eigenvalue weighted by molar-refractivity contribution is -0.00716. The van der Waals surface area contributed by atoms with Crippen molar-refractivity contribution < 1.29 is 9.53 Å². The quantitative estimate of drug-likeness (QED) is 0.872. The van der Waals surface area contributed by atoms with E-state index in [4.69, 9.17) is 4.74 Å². The zero-order chi connectivity index (χ0) is 18.6. The molecule has 8 heteroatoms. The number of nitrogens with zero attached hydrogens (tertiary/aromatic N) is 4. The van der Waals surface area contributed by atoms with Crippen molar-refractivity contribution in [2.24, 2.45) is 7.05 Å². The van der Waals surface area contributed by atoms with Crippen LogP contribution in [0.5, 0.6) is 0 Å². The highest BCUT2D eigenvalue weighted by Gasteiger charge is 2.35. The lowest BCUT2D eigenvalue weighted by Gasteiger charge is -2.29. The zero-order valence-electron chi connectivity index (χ0n) is 15.7. The Morgan fingerprint density at radius 3 is 2.85 bits per heavy atom. The van der Waals surface area contributed by atoms with Gasteiger partial charge in [0.05, 0.1) is 30.1 Å². The van der Waals surface area contributed by atoms with Crippen LogP contribution in [0.15, 0.2) is 4.79 Å². The number of nitrogens with one attached hydrogen (secondary N) is 1. The van der Waals surface area contributed by atoms with E-state index in [1.54, 1.807) is 9.36 Å². The van der Waals surface area contributed by atoms with Crippen LogP contribution in [-0.4, -0.2) is 43.0 Å².